The average Bonchev–Trinajstić information content (AvgIpc) is 3.68. The molecule has 0 N–H and O–H groups in total. The number of allylic oxidation sites excluding steroid dienone is 3. The van der Waals surface area contributed by atoms with Crippen molar-refractivity contribution in [2.75, 3.05) is 9.80 Å². The fraction of sp³-hybridized carbons (Fsp3) is 0.587. The van der Waals surface area contributed by atoms with Crippen LogP contribution in [0.3, 0.4) is 0 Å². The number of hydrogen-bond donors (Lipinski definition) is 0. The van der Waals surface area contributed by atoms with Crippen LogP contribution in [-0.2, 0) is 17.9 Å². The molecule has 5 aliphatic rings. The van der Waals surface area contributed by atoms with Crippen LogP contribution in [0.25, 0.3) is 0 Å². The van der Waals surface area contributed by atoms with Crippen LogP contribution in [0.15, 0.2) is 58.5 Å². The van der Waals surface area contributed by atoms with E-state index in [0.717, 1.165) is 0 Å². The van der Waals surface area contributed by atoms with Gasteiger partial charge in [-0.2, -0.15) is 0 Å². The van der Waals surface area contributed by atoms with Gasteiger partial charge in [0.2, 0.25) is 0 Å². The van der Waals surface area contributed by atoms with Gasteiger partial charge in [-0.1, -0.05) is 65.7 Å². The molecule has 0 saturated heterocycles. The third kappa shape index (κ3) is 9.99. The van der Waals surface area contributed by atoms with Crippen molar-refractivity contribution in [3.63, 3.8) is 0 Å². The number of rotatable bonds is 6. The van der Waals surface area contributed by atoms with Crippen LogP contribution < -0.4 is 34.6 Å². The summed E-state index contributed by atoms with van der Waals surface area (Å²) in [6.45, 7) is 17.9. The normalized spacial score (nSPS) is 21.5. The van der Waals surface area contributed by atoms with E-state index < -0.39 is 0 Å². The number of benzene rings is 2. The Hall–Kier alpha value is -0.887. The molecule has 3 fully saturated rings. The second-order valence-electron chi connectivity index (χ2n) is 16.4. The van der Waals surface area contributed by atoms with E-state index in [1.165, 1.54) is 104 Å². The summed E-state index contributed by atoms with van der Waals surface area (Å²) in [6, 6.07) is 9.21. The molecule has 0 bridgehead atoms. The fourth-order valence-electron chi connectivity index (χ4n) is 10.3. The standard InChI is InChI=1S/C28H32N2S.C18H33P.2ClH.Ru/c1-16-12-18(3)26(19(4)13-16)29-22(7)23(8)30(28(29)25-10-11-31-24(25)9)27-20(5)14-17(2)15-21(27)6;1-4-10-16(11-5-1)19(17-12-6-2-7-13-17)18-14-8-3-9-15-18;;;/h9-15,24H,1-8H3;16-18H,1-15H2;2*1H;/q;;;;+2/p-2. The number of halogens is 2. The fourth-order valence-corrected chi connectivity index (χ4v) is 16.5. The molecule has 1 unspecified atom stereocenters. The van der Waals surface area contributed by atoms with Crippen molar-refractivity contribution in [1.29, 1.82) is 0 Å². The van der Waals surface area contributed by atoms with Crippen molar-refractivity contribution in [1.82, 2.24) is 0 Å². The van der Waals surface area contributed by atoms with E-state index in [1.807, 2.05) is 11.8 Å². The van der Waals surface area contributed by atoms with Crippen molar-refractivity contribution in [2.45, 2.75) is 174 Å². The maximum absolute atomic E-state index is 2.73. The minimum atomic E-state index is 0. The monoisotopic (exact) mass is 880 g/mol. The van der Waals surface area contributed by atoms with E-state index in [-0.39, 0.29) is 24.8 Å². The molecule has 0 amide bonds. The molecular formula is C46H65Cl2N2PRuS. The molecule has 292 valence electrons. The summed E-state index contributed by atoms with van der Waals surface area (Å²) >= 11 is 4.60. The van der Waals surface area contributed by atoms with Crippen molar-refractivity contribution in [3.8, 4) is 0 Å². The predicted octanol–water partition coefficient (Wildman–Crippen LogP) is 7.78. The van der Waals surface area contributed by atoms with Crippen LogP contribution in [-0.4, -0.2) is 26.8 Å². The van der Waals surface area contributed by atoms with E-state index in [2.05, 4.69) is 123 Å². The summed E-state index contributed by atoms with van der Waals surface area (Å²) in [6.07, 6.45) is 25.9. The average molecular weight is 881 g/mol. The van der Waals surface area contributed by atoms with Crippen LogP contribution >= 0.6 is 19.7 Å². The molecule has 0 radical (unpaired) electrons. The number of nitrogens with zero attached hydrogens (tertiary/aromatic N) is 2. The molecule has 1 atom stereocenters. The minimum absolute atomic E-state index is 0. The first-order chi connectivity index (χ1) is 24.6. The van der Waals surface area contributed by atoms with Gasteiger partial charge in [0, 0.05) is 0 Å². The van der Waals surface area contributed by atoms with Crippen molar-refractivity contribution < 1.29 is 42.7 Å². The number of aryl methyl sites for hydroxylation is 6. The van der Waals surface area contributed by atoms with Crippen LogP contribution in [0.4, 0.5) is 11.4 Å². The predicted molar refractivity (Wildman–Crippen MR) is 226 cm³/mol. The van der Waals surface area contributed by atoms with Gasteiger partial charge in [-0.05, 0) is 55.5 Å². The number of hydrogen-bond acceptors (Lipinski definition) is 3. The molecule has 2 nitrogen and oxygen atoms in total. The third-order valence-electron chi connectivity index (χ3n) is 12.5. The van der Waals surface area contributed by atoms with Crippen molar-refractivity contribution >= 4 is 35.7 Å². The summed E-state index contributed by atoms with van der Waals surface area (Å²) in [5, 5.41) is 2.56. The quantitative estimate of drug-likeness (QED) is 0.217. The van der Waals surface area contributed by atoms with Gasteiger partial charge in [-0.3, -0.25) is 0 Å². The van der Waals surface area contributed by atoms with Crippen LogP contribution in [0.5, 0.6) is 0 Å². The largest absolute Gasteiger partial charge is 1.00 e. The summed E-state index contributed by atoms with van der Waals surface area (Å²) in [5.41, 5.74) is 18.0. The van der Waals surface area contributed by atoms with Gasteiger partial charge in [-0.15, -0.1) is 0 Å². The van der Waals surface area contributed by atoms with Crippen LogP contribution in [0.2, 0.25) is 0 Å². The van der Waals surface area contributed by atoms with E-state index >= 15 is 0 Å². The Kier molecular flexibility index (Phi) is 17.3. The minimum Gasteiger partial charge on any atom is -1.00 e. The molecule has 53 heavy (non-hydrogen) atoms. The maximum atomic E-state index is 2.73. The molecule has 3 saturated carbocycles. The second-order valence-corrected chi connectivity index (χ2v) is 21.1. The van der Waals surface area contributed by atoms with Crippen LogP contribution in [0.1, 0.15) is 144 Å². The van der Waals surface area contributed by atoms with Gasteiger partial charge in [0.05, 0.1) is 0 Å². The van der Waals surface area contributed by atoms with E-state index in [1.54, 1.807) is 77.0 Å². The third-order valence-corrected chi connectivity index (χ3v) is 18.5. The van der Waals surface area contributed by atoms with Gasteiger partial charge in [0.1, 0.15) is 0 Å². The first-order valence-electron chi connectivity index (χ1n) is 20.3. The van der Waals surface area contributed by atoms with E-state index in [0.29, 0.717) is 13.2 Å². The van der Waals surface area contributed by atoms with Gasteiger partial charge in [0.15, 0.2) is 0 Å². The first kappa shape index (κ1) is 44.8. The molecule has 7 heteroatoms. The van der Waals surface area contributed by atoms with Crippen molar-refractivity contribution in [2.24, 2.45) is 0 Å². The Balaban J connectivity index is 0.000000256. The topological polar surface area (TPSA) is 6.48 Å². The SMILES string of the molecule is C1CCC(P(C2CCCCC2)C2CCCCC2)CC1.CC1=C(C)N(c2c(C)cc(C)cc2C)C(=C2C=CSC2[CH]=[Ru+2])N1c1c(C)cc(C)cc1C.[Cl-].[Cl-]. The number of anilines is 2. The molecule has 2 aromatic rings. The first-order valence-corrected chi connectivity index (χ1v) is 23.8. The van der Waals surface area contributed by atoms with Gasteiger partial charge in [-0.25, -0.2) is 0 Å². The zero-order chi connectivity index (χ0) is 36.2. The molecule has 2 aliphatic heterocycles. The molecule has 3 aliphatic carbocycles. The maximum Gasteiger partial charge on any atom is -1.00 e. The Bertz CT molecular complexity index is 1500. The molecular weight excluding hydrogens is 816 g/mol. The molecule has 0 spiro atoms. The van der Waals surface area contributed by atoms with Gasteiger partial charge < -0.3 is 24.8 Å². The van der Waals surface area contributed by atoms with E-state index in [4.69, 9.17) is 0 Å². The molecule has 7 rings (SSSR count). The van der Waals surface area contributed by atoms with Gasteiger partial charge >= 0.3 is 208 Å². The summed E-state index contributed by atoms with van der Waals surface area (Å²) in [5.74, 6) is 1.26. The molecule has 0 aromatic heterocycles. The second kappa shape index (κ2) is 20.5. The van der Waals surface area contributed by atoms with Crippen LogP contribution in [0, 0.1) is 41.5 Å². The Labute approximate surface area is 351 Å². The summed E-state index contributed by atoms with van der Waals surface area (Å²) < 4.78 is 2.25. The molecule has 2 aromatic carbocycles. The summed E-state index contributed by atoms with van der Waals surface area (Å²) in [4.78, 5) is 5.01. The molecule has 2 heterocycles. The summed E-state index contributed by atoms with van der Waals surface area (Å²) in [7, 11) is 0.385. The Morgan fingerprint density at radius 2 is 0.906 bits per heavy atom. The smallest absolute Gasteiger partial charge is 1.00 e. The Morgan fingerprint density at radius 3 is 1.23 bits per heavy atom. The van der Waals surface area contributed by atoms with Crippen molar-refractivity contribution in [3.05, 3.63) is 91.9 Å². The zero-order valence-corrected chi connectivity index (χ0v) is 38.8. The van der Waals surface area contributed by atoms with Gasteiger partial charge in [0.25, 0.3) is 0 Å². The van der Waals surface area contributed by atoms with E-state index in [9.17, 15) is 0 Å². The zero-order valence-electron chi connectivity index (χ0n) is 33.8. The number of thioether (sulfide) groups is 1. The Morgan fingerprint density at radius 1 is 0.566 bits per heavy atom.